The van der Waals surface area contributed by atoms with Crippen molar-refractivity contribution in [2.24, 2.45) is 5.92 Å². The lowest BCUT2D eigenvalue weighted by molar-refractivity contribution is -0.117. The molecule has 1 fully saturated rings. The average Bonchev–Trinajstić information content (AvgIpc) is 3.56. The minimum absolute atomic E-state index is 0.0566. The molecule has 3 heterocycles. The maximum absolute atomic E-state index is 12.7. The number of carbonyl (C=O) groups is 2. The Morgan fingerprint density at radius 3 is 2.50 bits per heavy atom. The Morgan fingerprint density at radius 1 is 0.964 bits per heavy atom. The zero-order valence-electron chi connectivity index (χ0n) is 14.9. The summed E-state index contributed by atoms with van der Waals surface area (Å²) in [5.41, 5.74) is 8.40. The van der Waals surface area contributed by atoms with E-state index in [0.29, 0.717) is 17.1 Å². The molecule has 0 unspecified atom stereocenters. The first-order valence-corrected chi connectivity index (χ1v) is 8.84. The van der Waals surface area contributed by atoms with Gasteiger partial charge in [0, 0.05) is 41.8 Å². The quantitative estimate of drug-likeness (QED) is 0.631. The van der Waals surface area contributed by atoms with Crippen molar-refractivity contribution < 1.29 is 9.59 Å². The molecular formula is C20H18N6O2. The molecular weight excluding hydrogens is 356 g/mol. The first kappa shape index (κ1) is 17.6. The minimum atomic E-state index is -0.371. The highest BCUT2D eigenvalue weighted by Crippen LogP contribution is 2.30. The first-order valence-electron chi connectivity index (χ1n) is 8.84. The standard InChI is InChI=1S/C20H18N6O2/c21-18-16(9-15(11-24-18)12-3-6-22-7-4-12)25-20(28)14-5-8-23-17(10-14)26-19(27)13-1-2-13/h3-11,13H,1-2H2,(H2,21,24)(H,25,28)(H,23,26,27). The molecule has 1 aliphatic carbocycles. The number of aromatic nitrogens is 3. The van der Waals surface area contributed by atoms with Crippen LogP contribution in [0.2, 0.25) is 0 Å². The van der Waals surface area contributed by atoms with Crippen molar-refractivity contribution in [1.29, 1.82) is 0 Å². The number of hydrogen-bond acceptors (Lipinski definition) is 6. The predicted molar refractivity (Wildman–Crippen MR) is 105 cm³/mol. The summed E-state index contributed by atoms with van der Waals surface area (Å²) >= 11 is 0. The Kier molecular flexibility index (Phi) is 4.67. The number of anilines is 3. The van der Waals surface area contributed by atoms with Crippen LogP contribution in [-0.4, -0.2) is 26.8 Å². The zero-order chi connectivity index (χ0) is 19.5. The highest BCUT2D eigenvalue weighted by molar-refractivity contribution is 6.06. The normalized spacial score (nSPS) is 13.0. The molecule has 3 aromatic rings. The van der Waals surface area contributed by atoms with E-state index in [1.54, 1.807) is 30.7 Å². The topological polar surface area (TPSA) is 123 Å². The van der Waals surface area contributed by atoms with E-state index >= 15 is 0 Å². The summed E-state index contributed by atoms with van der Waals surface area (Å²) in [6.07, 6.45) is 8.26. The van der Waals surface area contributed by atoms with Crippen LogP contribution < -0.4 is 16.4 Å². The number of nitrogens with one attached hydrogen (secondary N) is 2. The second-order valence-corrected chi connectivity index (χ2v) is 6.54. The van der Waals surface area contributed by atoms with Gasteiger partial charge in [0.25, 0.3) is 5.91 Å². The second kappa shape index (κ2) is 7.43. The van der Waals surface area contributed by atoms with Gasteiger partial charge >= 0.3 is 0 Å². The zero-order valence-corrected chi connectivity index (χ0v) is 14.9. The van der Waals surface area contributed by atoms with E-state index in [2.05, 4.69) is 25.6 Å². The lowest BCUT2D eigenvalue weighted by Crippen LogP contribution is -2.17. The number of nitrogens with zero attached hydrogens (tertiary/aromatic N) is 3. The number of pyridine rings is 3. The van der Waals surface area contributed by atoms with Crippen LogP contribution >= 0.6 is 0 Å². The molecule has 0 aromatic carbocycles. The van der Waals surface area contributed by atoms with Crippen molar-refractivity contribution in [3.8, 4) is 11.1 Å². The van der Waals surface area contributed by atoms with Crippen LogP contribution in [0.4, 0.5) is 17.3 Å². The van der Waals surface area contributed by atoms with Crippen molar-refractivity contribution in [3.63, 3.8) is 0 Å². The first-order chi connectivity index (χ1) is 13.6. The van der Waals surface area contributed by atoms with Gasteiger partial charge in [0.05, 0.1) is 5.69 Å². The van der Waals surface area contributed by atoms with Crippen LogP contribution in [0.3, 0.4) is 0 Å². The number of rotatable bonds is 5. The number of hydrogen-bond donors (Lipinski definition) is 3. The van der Waals surface area contributed by atoms with Crippen molar-refractivity contribution in [2.45, 2.75) is 12.8 Å². The molecule has 1 aliphatic rings. The van der Waals surface area contributed by atoms with Gasteiger partial charge in [0.2, 0.25) is 5.91 Å². The molecule has 3 aromatic heterocycles. The molecule has 0 radical (unpaired) electrons. The fraction of sp³-hybridized carbons (Fsp3) is 0.150. The molecule has 4 N–H and O–H groups in total. The highest BCUT2D eigenvalue weighted by Gasteiger charge is 2.29. The van der Waals surface area contributed by atoms with Crippen molar-refractivity contribution in [1.82, 2.24) is 15.0 Å². The van der Waals surface area contributed by atoms with Crippen molar-refractivity contribution >= 4 is 29.1 Å². The molecule has 0 bridgehead atoms. The van der Waals surface area contributed by atoms with E-state index in [-0.39, 0.29) is 23.6 Å². The molecule has 2 amide bonds. The number of nitrogens with two attached hydrogens (primary N) is 1. The molecule has 0 aliphatic heterocycles. The SMILES string of the molecule is Nc1ncc(-c2ccncc2)cc1NC(=O)c1ccnc(NC(=O)C2CC2)c1. The monoisotopic (exact) mass is 374 g/mol. The Hall–Kier alpha value is -3.81. The fourth-order valence-corrected chi connectivity index (χ4v) is 2.69. The molecule has 8 nitrogen and oxygen atoms in total. The van der Waals surface area contributed by atoms with Gasteiger partial charge in [-0.1, -0.05) is 0 Å². The van der Waals surface area contributed by atoms with Gasteiger partial charge in [0.1, 0.15) is 11.6 Å². The third kappa shape index (κ3) is 3.96. The average molecular weight is 374 g/mol. The molecule has 1 saturated carbocycles. The third-order valence-corrected chi connectivity index (χ3v) is 4.40. The Balaban J connectivity index is 1.52. The predicted octanol–water partition coefficient (Wildman–Crippen LogP) is 2.72. The molecule has 140 valence electrons. The van der Waals surface area contributed by atoms with Crippen LogP contribution in [0, 0.1) is 5.92 Å². The van der Waals surface area contributed by atoms with Gasteiger partial charge in [-0.25, -0.2) is 9.97 Å². The summed E-state index contributed by atoms with van der Waals surface area (Å²) < 4.78 is 0. The Bertz CT molecular complexity index is 1030. The smallest absolute Gasteiger partial charge is 0.255 e. The van der Waals surface area contributed by atoms with E-state index in [1.165, 1.54) is 12.3 Å². The molecule has 0 spiro atoms. The molecule has 0 saturated heterocycles. The van der Waals surface area contributed by atoms with Crippen LogP contribution in [0.5, 0.6) is 0 Å². The third-order valence-electron chi connectivity index (χ3n) is 4.40. The number of amides is 2. The van der Waals surface area contributed by atoms with Crippen molar-refractivity contribution in [3.05, 3.63) is 60.7 Å². The summed E-state index contributed by atoms with van der Waals surface area (Å²) in [5, 5.41) is 5.50. The summed E-state index contributed by atoms with van der Waals surface area (Å²) in [5.74, 6) is 0.179. The van der Waals surface area contributed by atoms with E-state index in [1.807, 2.05) is 12.1 Å². The molecule has 28 heavy (non-hydrogen) atoms. The van der Waals surface area contributed by atoms with E-state index in [4.69, 9.17) is 5.73 Å². The Labute approximate surface area is 161 Å². The second-order valence-electron chi connectivity index (χ2n) is 6.54. The van der Waals surface area contributed by atoms with E-state index < -0.39 is 0 Å². The highest BCUT2D eigenvalue weighted by atomic mass is 16.2. The largest absolute Gasteiger partial charge is 0.382 e. The summed E-state index contributed by atoms with van der Waals surface area (Å²) in [6, 6.07) is 8.55. The molecule has 8 heteroatoms. The van der Waals surface area contributed by atoms with Gasteiger partial charge in [-0.05, 0) is 48.7 Å². The summed E-state index contributed by atoms with van der Waals surface area (Å²) in [4.78, 5) is 36.8. The summed E-state index contributed by atoms with van der Waals surface area (Å²) in [6.45, 7) is 0. The van der Waals surface area contributed by atoms with Gasteiger partial charge in [-0.3, -0.25) is 14.6 Å². The molecule has 4 rings (SSSR count). The van der Waals surface area contributed by atoms with E-state index in [9.17, 15) is 9.59 Å². The number of carbonyl (C=O) groups excluding carboxylic acids is 2. The lowest BCUT2D eigenvalue weighted by atomic mass is 10.1. The van der Waals surface area contributed by atoms with Crippen molar-refractivity contribution in [2.75, 3.05) is 16.4 Å². The maximum Gasteiger partial charge on any atom is 0.255 e. The van der Waals surface area contributed by atoms with Gasteiger partial charge in [-0.2, -0.15) is 0 Å². The summed E-state index contributed by atoms with van der Waals surface area (Å²) in [7, 11) is 0. The minimum Gasteiger partial charge on any atom is -0.382 e. The number of nitrogen functional groups attached to an aromatic ring is 1. The Morgan fingerprint density at radius 2 is 1.75 bits per heavy atom. The van der Waals surface area contributed by atoms with Crippen LogP contribution in [-0.2, 0) is 4.79 Å². The van der Waals surface area contributed by atoms with Gasteiger partial charge in [-0.15, -0.1) is 0 Å². The van der Waals surface area contributed by atoms with Gasteiger partial charge < -0.3 is 16.4 Å². The van der Waals surface area contributed by atoms with Crippen LogP contribution in [0.25, 0.3) is 11.1 Å². The lowest BCUT2D eigenvalue weighted by Gasteiger charge is -2.10. The maximum atomic E-state index is 12.7. The van der Waals surface area contributed by atoms with E-state index in [0.717, 1.165) is 24.0 Å². The van der Waals surface area contributed by atoms with Crippen LogP contribution in [0.1, 0.15) is 23.2 Å². The molecule has 0 atom stereocenters. The van der Waals surface area contributed by atoms with Crippen LogP contribution in [0.15, 0.2) is 55.1 Å². The fourth-order valence-electron chi connectivity index (χ4n) is 2.69. The van der Waals surface area contributed by atoms with Gasteiger partial charge in [0.15, 0.2) is 0 Å².